The lowest BCUT2D eigenvalue weighted by atomic mass is 10.1. The van der Waals surface area contributed by atoms with Gasteiger partial charge in [0.2, 0.25) is 5.91 Å². The fraction of sp³-hybridized carbons (Fsp3) is 0.250. The SMILES string of the molecule is Cc1ccc(CC(=O)NCC(O)c2ccncc2)cc1O. The van der Waals surface area contributed by atoms with Crippen molar-refractivity contribution >= 4 is 5.91 Å². The van der Waals surface area contributed by atoms with Gasteiger partial charge in [0.05, 0.1) is 12.5 Å². The zero-order valence-corrected chi connectivity index (χ0v) is 11.8. The number of amides is 1. The van der Waals surface area contributed by atoms with Crippen molar-refractivity contribution in [1.82, 2.24) is 10.3 Å². The molecule has 0 aliphatic carbocycles. The van der Waals surface area contributed by atoms with Crippen molar-refractivity contribution in [2.75, 3.05) is 6.54 Å². The van der Waals surface area contributed by atoms with Gasteiger partial charge in [-0.15, -0.1) is 0 Å². The minimum Gasteiger partial charge on any atom is -0.508 e. The monoisotopic (exact) mass is 286 g/mol. The third-order valence-electron chi connectivity index (χ3n) is 3.22. The summed E-state index contributed by atoms with van der Waals surface area (Å²) in [5.74, 6) is -0.0246. The summed E-state index contributed by atoms with van der Waals surface area (Å²) >= 11 is 0. The summed E-state index contributed by atoms with van der Waals surface area (Å²) < 4.78 is 0. The molecule has 0 saturated carbocycles. The van der Waals surface area contributed by atoms with Gasteiger partial charge in [0.1, 0.15) is 5.75 Å². The standard InChI is InChI=1S/C16H18N2O3/c1-11-2-3-12(8-14(11)19)9-16(21)18-10-15(20)13-4-6-17-7-5-13/h2-8,15,19-20H,9-10H2,1H3,(H,18,21). The highest BCUT2D eigenvalue weighted by atomic mass is 16.3. The van der Waals surface area contributed by atoms with Gasteiger partial charge in [-0.2, -0.15) is 0 Å². The first kappa shape index (κ1) is 15.0. The van der Waals surface area contributed by atoms with E-state index < -0.39 is 6.10 Å². The number of aromatic hydroxyl groups is 1. The van der Waals surface area contributed by atoms with Crippen molar-refractivity contribution in [2.45, 2.75) is 19.4 Å². The van der Waals surface area contributed by atoms with Gasteiger partial charge < -0.3 is 15.5 Å². The number of phenols is 1. The Hall–Kier alpha value is -2.40. The van der Waals surface area contributed by atoms with Gasteiger partial charge in [-0.1, -0.05) is 12.1 Å². The van der Waals surface area contributed by atoms with Crippen molar-refractivity contribution in [2.24, 2.45) is 0 Å². The summed E-state index contributed by atoms with van der Waals surface area (Å²) in [7, 11) is 0. The lowest BCUT2D eigenvalue weighted by molar-refractivity contribution is -0.120. The lowest BCUT2D eigenvalue weighted by Crippen LogP contribution is -2.29. The van der Waals surface area contributed by atoms with Gasteiger partial charge in [-0.25, -0.2) is 0 Å². The summed E-state index contributed by atoms with van der Waals surface area (Å²) in [6, 6.07) is 8.55. The van der Waals surface area contributed by atoms with Crippen LogP contribution in [0.5, 0.6) is 5.75 Å². The van der Waals surface area contributed by atoms with Crippen LogP contribution in [0.15, 0.2) is 42.7 Å². The molecule has 2 aromatic rings. The van der Waals surface area contributed by atoms with Gasteiger partial charge >= 0.3 is 0 Å². The molecule has 5 heteroatoms. The topological polar surface area (TPSA) is 82.5 Å². The normalized spacial score (nSPS) is 11.9. The van der Waals surface area contributed by atoms with Crippen LogP contribution in [0.4, 0.5) is 0 Å². The Morgan fingerprint density at radius 1 is 1.29 bits per heavy atom. The van der Waals surface area contributed by atoms with E-state index in [4.69, 9.17) is 0 Å². The van der Waals surface area contributed by atoms with Gasteiger partial charge in [-0.3, -0.25) is 9.78 Å². The molecule has 110 valence electrons. The van der Waals surface area contributed by atoms with E-state index in [9.17, 15) is 15.0 Å². The Morgan fingerprint density at radius 3 is 2.67 bits per heavy atom. The smallest absolute Gasteiger partial charge is 0.224 e. The summed E-state index contributed by atoms with van der Waals surface area (Å²) in [6.45, 7) is 1.94. The third-order valence-corrected chi connectivity index (χ3v) is 3.22. The minimum absolute atomic E-state index is 0.140. The molecule has 1 atom stereocenters. The third kappa shape index (κ3) is 4.29. The van der Waals surface area contributed by atoms with E-state index in [2.05, 4.69) is 10.3 Å². The highest BCUT2D eigenvalue weighted by molar-refractivity contribution is 5.78. The number of benzene rings is 1. The first-order valence-electron chi connectivity index (χ1n) is 6.69. The molecule has 0 bridgehead atoms. The Morgan fingerprint density at radius 2 is 2.00 bits per heavy atom. The van der Waals surface area contributed by atoms with Crippen LogP contribution >= 0.6 is 0 Å². The van der Waals surface area contributed by atoms with Crippen LogP contribution in [0.3, 0.4) is 0 Å². The summed E-state index contributed by atoms with van der Waals surface area (Å²) in [4.78, 5) is 15.7. The molecule has 0 spiro atoms. The maximum Gasteiger partial charge on any atom is 0.224 e. The highest BCUT2D eigenvalue weighted by Gasteiger charge is 2.10. The Kier molecular flexibility index (Phi) is 4.90. The van der Waals surface area contributed by atoms with E-state index in [1.54, 1.807) is 49.6 Å². The number of aryl methyl sites for hydroxylation is 1. The number of hydrogen-bond acceptors (Lipinski definition) is 4. The van der Waals surface area contributed by atoms with Crippen LogP contribution in [0.25, 0.3) is 0 Å². The summed E-state index contributed by atoms with van der Waals surface area (Å²) in [5.41, 5.74) is 2.21. The number of carbonyl (C=O) groups is 1. The largest absolute Gasteiger partial charge is 0.508 e. The molecular weight excluding hydrogens is 268 g/mol. The number of rotatable bonds is 5. The molecule has 1 heterocycles. The van der Waals surface area contributed by atoms with Crippen LogP contribution in [-0.4, -0.2) is 27.6 Å². The van der Waals surface area contributed by atoms with Crippen molar-refractivity contribution in [3.05, 3.63) is 59.4 Å². The number of aromatic nitrogens is 1. The second kappa shape index (κ2) is 6.85. The zero-order chi connectivity index (χ0) is 15.2. The van der Waals surface area contributed by atoms with Crippen LogP contribution in [0, 0.1) is 6.92 Å². The lowest BCUT2D eigenvalue weighted by Gasteiger charge is -2.12. The summed E-state index contributed by atoms with van der Waals surface area (Å²) in [5, 5.41) is 22.2. The van der Waals surface area contributed by atoms with Gasteiger partial charge in [0.15, 0.2) is 0 Å². The quantitative estimate of drug-likeness (QED) is 0.777. The molecule has 2 rings (SSSR count). The molecule has 0 radical (unpaired) electrons. The second-order valence-corrected chi connectivity index (χ2v) is 4.90. The highest BCUT2D eigenvalue weighted by Crippen LogP contribution is 2.17. The number of aliphatic hydroxyl groups excluding tert-OH is 1. The number of pyridine rings is 1. The van der Waals surface area contributed by atoms with E-state index in [-0.39, 0.29) is 24.6 Å². The number of carbonyl (C=O) groups excluding carboxylic acids is 1. The molecule has 0 aliphatic heterocycles. The van der Waals surface area contributed by atoms with E-state index in [1.165, 1.54) is 0 Å². The van der Waals surface area contributed by atoms with Gasteiger partial charge in [0, 0.05) is 18.9 Å². The molecule has 1 amide bonds. The fourth-order valence-electron chi connectivity index (χ4n) is 1.93. The number of aliphatic hydroxyl groups is 1. The molecule has 21 heavy (non-hydrogen) atoms. The molecular formula is C16H18N2O3. The molecule has 3 N–H and O–H groups in total. The molecule has 1 aromatic heterocycles. The molecule has 1 aromatic carbocycles. The number of nitrogens with zero attached hydrogens (tertiary/aromatic N) is 1. The average Bonchev–Trinajstić information content (AvgIpc) is 2.49. The minimum atomic E-state index is -0.761. The van der Waals surface area contributed by atoms with Crippen LogP contribution < -0.4 is 5.32 Å². The van der Waals surface area contributed by atoms with E-state index in [0.717, 1.165) is 11.1 Å². The molecule has 5 nitrogen and oxygen atoms in total. The maximum atomic E-state index is 11.8. The van der Waals surface area contributed by atoms with E-state index in [0.29, 0.717) is 5.56 Å². The van der Waals surface area contributed by atoms with Crippen molar-refractivity contribution in [3.63, 3.8) is 0 Å². The maximum absolute atomic E-state index is 11.8. The fourth-order valence-corrected chi connectivity index (χ4v) is 1.93. The van der Waals surface area contributed by atoms with Crippen molar-refractivity contribution < 1.29 is 15.0 Å². The zero-order valence-electron chi connectivity index (χ0n) is 11.8. The number of phenolic OH excluding ortho intramolecular Hbond substituents is 1. The van der Waals surface area contributed by atoms with Gasteiger partial charge in [0.25, 0.3) is 0 Å². The average molecular weight is 286 g/mol. The molecule has 0 saturated heterocycles. The Labute approximate surface area is 123 Å². The second-order valence-electron chi connectivity index (χ2n) is 4.90. The Balaban J connectivity index is 1.86. The molecule has 1 unspecified atom stereocenters. The summed E-state index contributed by atoms with van der Waals surface area (Å²) in [6.07, 6.45) is 2.59. The van der Waals surface area contributed by atoms with Gasteiger partial charge in [-0.05, 0) is 41.8 Å². The Bertz CT molecular complexity index is 614. The number of nitrogens with one attached hydrogen (secondary N) is 1. The predicted molar refractivity (Wildman–Crippen MR) is 78.8 cm³/mol. The van der Waals surface area contributed by atoms with Crippen molar-refractivity contribution in [3.8, 4) is 5.75 Å². The van der Waals surface area contributed by atoms with Crippen LogP contribution in [0.2, 0.25) is 0 Å². The predicted octanol–water partition coefficient (Wildman–Crippen LogP) is 1.49. The number of hydrogen-bond donors (Lipinski definition) is 3. The first-order valence-corrected chi connectivity index (χ1v) is 6.69. The van der Waals surface area contributed by atoms with Crippen molar-refractivity contribution in [1.29, 1.82) is 0 Å². The first-order chi connectivity index (χ1) is 10.1. The van der Waals surface area contributed by atoms with E-state index in [1.807, 2.05) is 0 Å². The van der Waals surface area contributed by atoms with Crippen LogP contribution in [-0.2, 0) is 11.2 Å². The van der Waals surface area contributed by atoms with Crippen LogP contribution in [0.1, 0.15) is 22.8 Å². The molecule has 0 fully saturated rings. The molecule has 0 aliphatic rings. The van der Waals surface area contributed by atoms with E-state index >= 15 is 0 Å².